The average Bonchev–Trinajstić information content (AvgIpc) is 2.67. The Bertz CT molecular complexity index is 876. The van der Waals surface area contributed by atoms with Crippen molar-refractivity contribution >= 4 is 21.6 Å². The summed E-state index contributed by atoms with van der Waals surface area (Å²) in [4.78, 5) is 4.05. The van der Waals surface area contributed by atoms with Crippen LogP contribution in [0.25, 0.3) is 0 Å². The highest BCUT2D eigenvalue weighted by Crippen LogP contribution is 2.32. The molecule has 0 saturated heterocycles. The van der Waals surface area contributed by atoms with Crippen LogP contribution in [-0.4, -0.2) is 15.9 Å². The lowest BCUT2D eigenvalue weighted by Crippen LogP contribution is -2.12. The number of aromatic nitrogens is 1. The van der Waals surface area contributed by atoms with Crippen molar-refractivity contribution in [1.82, 2.24) is 4.98 Å². The summed E-state index contributed by atoms with van der Waals surface area (Å²) in [5.41, 5.74) is 5.55. The fourth-order valence-electron chi connectivity index (χ4n) is 3.20. The van der Waals surface area contributed by atoms with Crippen LogP contribution < -0.4 is 0 Å². The molecular weight excluding hydrogens is 388 g/mol. The summed E-state index contributed by atoms with van der Waals surface area (Å²) in [7, 11) is 0. The van der Waals surface area contributed by atoms with E-state index in [4.69, 9.17) is 0 Å². The molecular formula is C22H21BrN2O. The molecule has 3 aromatic rings. The Morgan fingerprint density at radius 2 is 1.73 bits per heavy atom. The molecule has 1 N–H and O–H groups in total. The number of nitrogens with zero attached hydrogens (tertiary/aromatic N) is 2. The predicted octanol–water partition coefficient (Wildman–Crippen LogP) is 5.75. The van der Waals surface area contributed by atoms with E-state index >= 15 is 0 Å². The fourth-order valence-corrected chi connectivity index (χ4v) is 3.46. The number of hydrogen-bond acceptors (Lipinski definition) is 3. The Morgan fingerprint density at radius 1 is 1.04 bits per heavy atom. The number of rotatable bonds is 6. The van der Waals surface area contributed by atoms with Crippen LogP contribution in [0.3, 0.4) is 0 Å². The molecule has 4 heteroatoms. The Labute approximate surface area is 162 Å². The molecule has 0 saturated carbocycles. The van der Waals surface area contributed by atoms with Gasteiger partial charge < -0.3 is 5.21 Å². The van der Waals surface area contributed by atoms with Gasteiger partial charge in [-0.25, -0.2) is 0 Å². The third-order valence-electron chi connectivity index (χ3n) is 4.57. The van der Waals surface area contributed by atoms with Crippen molar-refractivity contribution in [2.75, 3.05) is 0 Å². The van der Waals surface area contributed by atoms with Gasteiger partial charge in [0.2, 0.25) is 0 Å². The monoisotopic (exact) mass is 408 g/mol. The molecule has 0 radical (unpaired) electrons. The summed E-state index contributed by atoms with van der Waals surface area (Å²) in [6, 6.07) is 20.7. The molecule has 1 atom stereocenters. The zero-order chi connectivity index (χ0) is 18.4. The highest BCUT2D eigenvalue weighted by Gasteiger charge is 2.19. The van der Waals surface area contributed by atoms with Crippen LogP contribution in [0, 0.1) is 6.92 Å². The van der Waals surface area contributed by atoms with E-state index in [9.17, 15) is 5.21 Å². The molecule has 0 aliphatic rings. The lowest BCUT2D eigenvalue weighted by molar-refractivity contribution is 0.316. The van der Waals surface area contributed by atoms with Gasteiger partial charge in [-0.1, -0.05) is 57.5 Å². The molecule has 0 amide bonds. The van der Waals surface area contributed by atoms with E-state index in [2.05, 4.69) is 81.5 Å². The Morgan fingerprint density at radius 3 is 2.38 bits per heavy atom. The minimum absolute atomic E-state index is 0.136. The smallest absolute Gasteiger partial charge is 0.0623 e. The summed E-state index contributed by atoms with van der Waals surface area (Å²) in [5.74, 6) is 0.136. The third-order valence-corrected chi connectivity index (χ3v) is 5.10. The molecule has 132 valence electrons. The predicted molar refractivity (Wildman–Crippen MR) is 109 cm³/mol. The van der Waals surface area contributed by atoms with E-state index in [0.29, 0.717) is 12.8 Å². The second-order valence-electron chi connectivity index (χ2n) is 6.36. The topological polar surface area (TPSA) is 45.5 Å². The van der Waals surface area contributed by atoms with E-state index in [1.165, 1.54) is 16.7 Å². The van der Waals surface area contributed by atoms with Gasteiger partial charge in [0.25, 0.3) is 0 Å². The van der Waals surface area contributed by atoms with Crippen LogP contribution in [0.2, 0.25) is 0 Å². The van der Waals surface area contributed by atoms with Gasteiger partial charge in [0, 0.05) is 35.6 Å². The molecule has 0 aliphatic heterocycles. The van der Waals surface area contributed by atoms with Gasteiger partial charge in [-0.2, -0.15) is 0 Å². The van der Waals surface area contributed by atoms with Gasteiger partial charge in [0.1, 0.15) is 0 Å². The fraction of sp³-hybridized carbons (Fsp3) is 0.182. The van der Waals surface area contributed by atoms with Gasteiger partial charge in [0.05, 0.1) is 5.71 Å². The minimum atomic E-state index is 0.136. The maximum atomic E-state index is 9.61. The number of halogens is 1. The summed E-state index contributed by atoms with van der Waals surface area (Å²) in [6.45, 7) is 2.12. The molecule has 0 unspecified atom stereocenters. The van der Waals surface area contributed by atoms with Crippen molar-refractivity contribution in [3.63, 3.8) is 0 Å². The molecule has 0 aliphatic carbocycles. The van der Waals surface area contributed by atoms with Crippen molar-refractivity contribution in [3.8, 4) is 0 Å². The summed E-state index contributed by atoms with van der Waals surface area (Å²) in [6.07, 6.45) is 4.79. The van der Waals surface area contributed by atoms with Crippen molar-refractivity contribution in [1.29, 1.82) is 0 Å². The molecule has 0 spiro atoms. The molecule has 2 aromatic carbocycles. The van der Waals surface area contributed by atoms with E-state index in [0.717, 1.165) is 15.7 Å². The minimum Gasteiger partial charge on any atom is -0.411 e. The number of oxime groups is 1. The maximum absolute atomic E-state index is 9.61. The molecule has 3 rings (SSSR count). The van der Waals surface area contributed by atoms with Crippen LogP contribution >= 0.6 is 15.9 Å². The maximum Gasteiger partial charge on any atom is 0.0623 e. The first-order valence-electron chi connectivity index (χ1n) is 8.57. The molecule has 0 fully saturated rings. The Kier molecular flexibility index (Phi) is 6.18. The molecule has 1 aromatic heterocycles. The standard InChI is InChI=1S/C22H21BrN2O/c1-16-4-2-3-5-21(16)22(18-6-8-19(23)9-7-18)15-20(25-26)14-17-10-12-24-13-11-17/h2-13,22,26H,14-15H2,1H3/b25-20+/t22-/m1/s1. The molecule has 1 heterocycles. The lowest BCUT2D eigenvalue weighted by Gasteiger charge is -2.21. The van der Waals surface area contributed by atoms with Gasteiger partial charge in [-0.3, -0.25) is 4.98 Å². The summed E-state index contributed by atoms with van der Waals surface area (Å²) in [5, 5.41) is 13.2. The zero-order valence-corrected chi connectivity index (χ0v) is 16.2. The van der Waals surface area contributed by atoms with Crippen molar-refractivity contribution < 1.29 is 5.21 Å². The van der Waals surface area contributed by atoms with E-state index < -0.39 is 0 Å². The molecule has 3 nitrogen and oxygen atoms in total. The van der Waals surface area contributed by atoms with Gasteiger partial charge in [0.15, 0.2) is 0 Å². The first kappa shape index (κ1) is 18.3. The van der Waals surface area contributed by atoms with E-state index in [1.54, 1.807) is 12.4 Å². The van der Waals surface area contributed by atoms with Crippen LogP contribution in [0.4, 0.5) is 0 Å². The van der Waals surface area contributed by atoms with Crippen molar-refractivity contribution in [2.45, 2.75) is 25.7 Å². The first-order valence-corrected chi connectivity index (χ1v) is 9.36. The highest BCUT2D eigenvalue weighted by molar-refractivity contribution is 9.10. The van der Waals surface area contributed by atoms with Crippen LogP contribution in [-0.2, 0) is 6.42 Å². The van der Waals surface area contributed by atoms with Gasteiger partial charge in [-0.15, -0.1) is 0 Å². The Hall–Kier alpha value is -2.46. The Balaban J connectivity index is 1.92. The van der Waals surface area contributed by atoms with Crippen molar-refractivity contribution in [3.05, 3.63) is 99.8 Å². The summed E-state index contributed by atoms with van der Waals surface area (Å²) >= 11 is 3.50. The number of pyridine rings is 1. The first-order chi connectivity index (χ1) is 12.7. The van der Waals surface area contributed by atoms with Crippen LogP contribution in [0.5, 0.6) is 0 Å². The molecule has 26 heavy (non-hydrogen) atoms. The number of hydrogen-bond donors (Lipinski definition) is 1. The van der Waals surface area contributed by atoms with Crippen LogP contribution in [0.15, 0.2) is 82.7 Å². The SMILES string of the molecule is Cc1ccccc1[C@H](C/C(Cc1ccncc1)=N/O)c1ccc(Br)cc1. The summed E-state index contributed by atoms with van der Waals surface area (Å²) < 4.78 is 1.05. The zero-order valence-electron chi connectivity index (χ0n) is 14.6. The average molecular weight is 409 g/mol. The lowest BCUT2D eigenvalue weighted by atomic mass is 9.84. The normalized spacial score (nSPS) is 12.8. The van der Waals surface area contributed by atoms with Gasteiger partial charge in [-0.05, 0) is 53.4 Å². The van der Waals surface area contributed by atoms with E-state index in [-0.39, 0.29) is 5.92 Å². The van der Waals surface area contributed by atoms with E-state index in [1.807, 2.05) is 12.1 Å². The van der Waals surface area contributed by atoms with Crippen molar-refractivity contribution in [2.24, 2.45) is 5.16 Å². The highest BCUT2D eigenvalue weighted by atomic mass is 79.9. The quantitative estimate of drug-likeness (QED) is 0.320. The third kappa shape index (κ3) is 4.58. The number of benzene rings is 2. The molecule has 0 bridgehead atoms. The van der Waals surface area contributed by atoms with Gasteiger partial charge >= 0.3 is 0 Å². The second kappa shape index (κ2) is 8.77. The largest absolute Gasteiger partial charge is 0.411 e. The van der Waals surface area contributed by atoms with Crippen LogP contribution in [0.1, 0.15) is 34.6 Å². The number of aryl methyl sites for hydroxylation is 1. The second-order valence-corrected chi connectivity index (χ2v) is 7.28.